The summed E-state index contributed by atoms with van der Waals surface area (Å²) in [6.45, 7) is 2.49. The molecule has 2 aromatic heterocycles. The van der Waals surface area contributed by atoms with Crippen molar-refractivity contribution < 1.29 is 13.2 Å². The fraction of sp³-hybridized carbons (Fsp3) is 0.500. The summed E-state index contributed by atoms with van der Waals surface area (Å²) in [6, 6.07) is 0.246. The Labute approximate surface area is 149 Å². The zero-order valence-corrected chi connectivity index (χ0v) is 15.8. The van der Waals surface area contributed by atoms with E-state index in [0.717, 1.165) is 10.9 Å². The minimum Gasteiger partial charge on any atom is -0.459 e. The molecule has 0 radical (unpaired) electrons. The number of piperidine rings is 1. The van der Waals surface area contributed by atoms with E-state index < -0.39 is 10.0 Å². The van der Waals surface area contributed by atoms with Crippen molar-refractivity contribution in [2.24, 2.45) is 7.05 Å². The SMILES string of the molecule is Cc1nc(S(=O)(=O)N2CCCC(Oc3ncc(Br)cn3)C2)cn1C. The summed E-state index contributed by atoms with van der Waals surface area (Å²) in [6.07, 6.45) is 5.91. The number of aryl methyl sites for hydroxylation is 2. The molecule has 0 spiro atoms. The van der Waals surface area contributed by atoms with Gasteiger partial charge in [0.1, 0.15) is 11.9 Å². The minimum atomic E-state index is -3.62. The van der Waals surface area contributed by atoms with E-state index >= 15 is 0 Å². The second kappa shape index (κ2) is 6.77. The Morgan fingerprint density at radius 3 is 2.67 bits per heavy atom. The Kier molecular flexibility index (Phi) is 4.88. The second-order valence-corrected chi connectivity index (χ2v) is 8.47. The highest BCUT2D eigenvalue weighted by atomic mass is 79.9. The molecule has 2 aromatic rings. The Balaban J connectivity index is 1.73. The molecule has 0 bridgehead atoms. The first-order valence-corrected chi connectivity index (χ1v) is 9.74. The van der Waals surface area contributed by atoms with Crippen LogP contribution in [0.3, 0.4) is 0 Å². The zero-order chi connectivity index (χ0) is 17.3. The van der Waals surface area contributed by atoms with Gasteiger partial charge in [0.25, 0.3) is 10.0 Å². The van der Waals surface area contributed by atoms with Gasteiger partial charge in [-0.2, -0.15) is 4.31 Å². The molecule has 1 aliphatic rings. The number of sulfonamides is 1. The minimum absolute atomic E-state index is 0.0723. The van der Waals surface area contributed by atoms with Crippen LogP contribution < -0.4 is 4.74 Å². The molecule has 0 aliphatic carbocycles. The third-order valence-electron chi connectivity index (χ3n) is 3.90. The standard InChI is InChI=1S/C14H18BrN5O3S/c1-10-18-13(9-19(10)2)24(21,22)20-5-3-4-12(8-20)23-14-16-6-11(15)7-17-14/h6-7,9,12H,3-5,8H2,1-2H3. The van der Waals surface area contributed by atoms with Crippen LogP contribution in [0.5, 0.6) is 6.01 Å². The monoisotopic (exact) mass is 415 g/mol. The fourth-order valence-corrected chi connectivity index (χ4v) is 4.25. The normalized spacial score (nSPS) is 19.4. The smallest absolute Gasteiger partial charge is 0.316 e. The Morgan fingerprint density at radius 2 is 2.04 bits per heavy atom. The van der Waals surface area contributed by atoms with E-state index in [0.29, 0.717) is 18.8 Å². The molecular weight excluding hydrogens is 398 g/mol. The average Bonchev–Trinajstić information content (AvgIpc) is 2.90. The summed E-state index contributed by atoms with van der Waals surface area (Å²) in [7, 11) is -1.85. The Hall–Kier alpha value is -1.52. The van der Waals surface area contributed by atoms with Crippen molar-refractivity contribution in [1.82, 2.24) is 23.8 Å². The first-order chi connectivity index (χ1) is 11.4. The van der Waals surface area contributed by atoms with Gasteiger partial charge in [0.15, 0.2) is 5.03 Å². The molecule has 0 amide bonds. The van der Waals surface area contributed by atoms with Gasteiger partial charge in [-0.1, -0.05) is 0 Å². The lowest BCUT2D eigenvalue weighted by molar-refractivity contribution is 0.119. The molecule has 0 N–H and O–H groups in total. The molecule has 3 rings (SSSR count). The molecule has 0 aromatic carbocycles. The van der Waals surface area contributed by atoms with Crippen molar-refractivity contribution in [3.8, 4) is 6.01 Å². The van der Waals surface area contributed by atoms with E-state index in [9.17, 15) is 8.42 Å². The highest BCUT2D eigenvalue weighted by Gasteiger charge is 2.33. The highest BCUT2D eigenvalue weighted by molar-refractivity contribution is 9.10. The van der Waals surface area contributed by atoms with Gasteiger partial charge < -0.3 is 9.30 Å². The number of hydrogen-bond acceptors (Lipinski definition) is 6. The summed E-state index contributed by atoms with van der Waals surface area (Å²) < 4.78 is 35.1. The van der Waals surface area contributed by atoms with Crippen LogP contribution in [0.2, 0.25) is 0 Å². The molecule has 1 saturated heterocycles. The van der Waals surface area contributed by atoms with Gasteiger partial charge >= 0.3 is 6.01 Å². The molecule has 24 heavy (non-hydrogen) atoms. The lowest BCUT2D eigenvalue weighted by Gasteiger charge is -2.30. The van der Waals surface area contributed by atoms with Crippen LogP contribution in [0.1, 0.15) is 18.7 Å². The molecule has 1 unspecified atom stereocenters. The number of ether oxygens (including phenoxy) is 1. The third kappa shape index (κ3) is 3.60. The van der Waals surface area contributed by atoms with Crippen LogP contribution in [0.15, 0.2) is 28.1 Å². The lowest BCUT2D eigenvalue weighted by Crippen LogP contribution is -2.44. The number of halogens is 1. The van der Waals surface area contributed by atoms with Crippen LogP contribution in [0.4, 0.5) is 0 Å². The molecule has 8 nitrogen and oxygen atoms in total. The summed E-state index contributed by atoms with van der Waals surface area (Å²) in [4.78, 5) is 12.3. The van der Waals surface area contributed by atoms with E-state index in [1.807, 2.05) is 0 Å². The number of hydrogen-bond donors (Lipinski definition) is 0. The van der Waals surface area contributed by atoms with E-state index in [2.05, 4.69) is 30.9 Å². The van der Waals surface area contributed by atoms with Crippen molar-refractivity contribution >= 4 is 26.0 Å². The van der Waals surface area contributed by atoms with Gasteiger partial charge in [-0.25, -0.2) is 23.4 Å². The molecular formula is C14H18BrN5O3S. The van der Waals surface area contributed by atoms with Gasteiger partial charge in [-0.15, -0.1) is 0 Å². The number of aromatic nitrogens is 4. The maximum absolute atomic E-state index is 12.8. The maximum Gasteiger partial charge on any atom is 0.316 e. The topological polar surface area (TPSA) is 90.2 Å². The number of rotatable bonds is 4. The van der Waals surface area contributed by atoms with E-state index in [-0.39, 0.29) is 23.7 Å². The van der Waals surface area contributed by atoms with Crippen LogP contribution in [-0.4, -0.2) is 51.4 Å². The van der Waals surface area contributed by atoms with Crippen LogP contribution in [-0.2, 0) is 17.1 Å². The van der Waals surface area contributed by atoms with Gasteiger partial charge in [0.05, 0.1) is 11.0 Å². The lowest BCUT2D eigenvalue weighted by atomic mass is 10.1. The fourth-order valence-electron chi connectivity index (χ4n) is 2.51. The quantitative estimate of drug-likeness (QED) is 0.751. The average molecular weight is 416 g/mol. The molecule has 10 heteroatoms. The van der Waals surface area contributed by atoms with Gasteiger partial charge in [0, 0.05) is 32.2 Å². The van der Waals surface area contributed by atoms with Gasteiger partial charge in [-0.05, 0) is 35.7 Å². The first-order valence-electron chi connectivity index (χ1n) is 7.50. The van der Waals surface area contributed by atoms with E-state index in [1.54, 1.807) is 30.9 Å². The maximum atomic E-state index is 12.8. The van der Waals surface area contributed by atoms with E-state index in [1.165, 1.54) is 10.5 Å². The van der Waals surface area contributed by atoms with E-state index in [4.69, 9.17) is 4.74 Å². The highest BCUT2D eigenvalue weighted by Crippen LogP contribution is 2.22. The summed E-state index contributed by atoms with van der Waals surface area (Å²) in [5.41, 5.74) is 0. The van der Waals surface area contributed by atoms with Gasteiger partial charge in [-0.3, -0.25) is 0 Å². The molecule has 3 heterocycles. The van der Waals surface area contributed by atoms with Crippen molar-refractivity contribution in [3.63, 3.8) is 0 Å². The molecule has 1 atom stereocenters. The largest absolute Gasteiger partial charge is 0.459 e. The molecule has 130 valence electrons. The third-order valence-corrected chi connectivity index (χ3v) is 6.05. The predicted molar refractivity (Wildman–Crippen MR) is 90.1 cm³/mol. The van der Waals surface area contributed by atoms with Crippen molar-refractivity contribution in [3.05, 3.63) is 28.9 Å². The van der Waals surface area contributed by atoms with Crippen molar-refractivity contribution in [1.29, 1.82) is 0 Å². The number of imidazole rings is 1. The van der Waals surface area contributed by atoms with Crippen LogP contribution >= 0.6 is 15.9 Å². The summed E-state index contributed by atoms with van der Waals surface area (Å²) >= 11 is 3.26. The van der Waals surface area contributed by atoms with Crippen LogP contribution in [0.25, 0.3) is 0 Å². The van der Waals surface area contributed by atoms with Crippen LogP contribution in [0, 0.1) is 6.92 Å². The summed E-state index contributed by atoms with van der Waals surface area (Å²) in [5, 5.41) is 0.0723. The zero-order valence-electron chi connectivity index (χ0n) is 13.4. The van der Waals surface area contributed by atoms with Crippen molar-refractivity contribution in [2.75, 3.05) is 13.1 Å². The van der Waals surface area contributed by atoms with Crippen molar-refractivity contribution in [2.45, 2.75) is 30.9 Å². The number of nitrogens with zero attached hydrogens (tertiary/aromatic N) is 5. The molecule has 1 fully saturated rings. The molecule has 1 aliphatic heterocycles. The Bertz CT molecular complexity index is 802. The summed E-state index contributed by atoms with van der Waals surface area (Å²) in [5.74, 6) is 0.654. The Morgan fingerprint density at radius 1 is 1.33 bits per heavy atom. The molecule has 0 saturated carbocycles. The first kappa shape index (κ1) is 17.3. The second-order valence-electron chi connectivity index (χ2n) is 5.67. The predicted octanol–water partition coefficient (Wildman–Crippen LogP) is 1.51. The van der Waals surface area contributed by atoms with Gasteiger partial charge in [0.2, 0.25) is 0 Å².